The smallest absolute Gasteiger partial charge is 0.327 e. The molecule has 1 saturated carbocycles. The van der Waals surface area contributed by atoms with Crippen molar-refractivity contribution in [3.05, 3.63) is 29.6 Å². The lowest BCUT2D eigenvalue weighted by atomic mass is 9.93. The van der Waals surface area contributed by atoms with Crippen LogP contribution in [0, 0.1) is 18.7 Å². The molecular formula is C16H22FNO3. The molecule has 1 aliphatic rings. The predicted molar refractivity (Wildman–Crippen MR) is 78.0 cm³/mol. The molecule has 1 fully saturated rings. The summed E-state index contributed by atoms with van der Waals surface area (Å²) in [5.41, 5.74) is -0.278. The first-order valence-electron chi connectivity index (χ1n) is 7.25. The highest BCUT2D eigenvalue weighted by molar-refractivity contribution is 5.80. The van der Waals surface area contributed by atoms with Crippen molar-refractivity contribution in [3.8, 4) is 5.75 Å². The van der Waals surface area contributed by atoms with E-state index < -0.39 is 17.3 Å². The lowest BCUT2D eigenvalue weighted by Gasteiger charge is -2.32. The highest BCUT2D eigenvalue weighted by Gasteiger charge is 2.52. The Morgan fingerprint density at radius 1 is 1.52 bits per heavy atom. The van der Waals surface area contributed by atoms with Gasteiger partial charge in [-0.05, 0) is 57.2 Å². The van der Waals surface area contributed by atoms with Crippen LogP contribution in [0.1, 0.15) is 32.3 Å². The monoisotopic (exact) mass is 295 g/mol. The van der Waals surface area contributed by atoms with Gasteiger partial charge in [0.15, 0.2) is 17.1 Å². The number of benzene rings is 1. The molecule has 0 amide bonds. The zero-order valence-corrected chi connectivity index (χ0v) is 12.6. The van der Waals surface area contributed by atoms with E-state index in [1.807, 2.05) is 20.8 Å². The summed E-state index contributed by atoms with van der Waals surface area (Å²) in [7, 11) is 0. The summed E-state index contributed by atoms with van der Waals surface area (Å²) in [6.45, 7) is 5.55. The molecule has 1 aromatic rings. The van der Waals surface area contributed by atoms with Crippen LogP contribution >= 0.6 is 0 Å². The number of aliphatic carboxylic acids is 1. The Hall–Kier alpha value is -1.62. The van der Waals surface area contributed by atoms with Gasteiger partial charge < -0.3 is 9.84 Å². The summed E-state index contributed by atoms with van der Waals surface area (Å²) < 4.78 is 19.3. The number of rotatable bonds is 7. The van der Waals surface area contributed by atoms with E-state index in [0.29, 0.717) is 0 Å². The lowest BCUT2D eigenvalue weighted by Crippen LogP contribution is -2.60. The molecule has 0 aromatic heterocycles. The fraction of sp³-hybridized carbons (Fsp3) is 0.562. The first-order valence-corrected chi connectivity index (χ1v) is 7.25. The van der Waals surface area contributed by atoms with Crippen LogP contribution in [0.5, 0.6) is 5.75 Å². The van der Waals surface area contributed by atoms with Crippen molar-refractivity contribution in [1.29, 1.82) is 0 Å². The van der Waals surface area contributed by atoms with Crippen LogP contribution in [-0.4, -0.2) is 29.3 Å². The fourth-order valence-electron chi connectivity index (χ4n) is 2.58. The average Bonchev–Trinajstić information content (AvgIpc) is 3.22. The molecule has 2 rings (SSSR count). The largest absolute Gasteiger partial charge is 0.488 e. The van der Waals surface area contributed by atoms with Gasteiger partial charge in [-0.15, -0.1) is 0 Å². The number of carbonyl (C=O) groups is 1. The molecule has 0 aliphatic heterocycles. The van der Waals surface area contributed by atoms with E-state index in [4.69, 9.17) is 4.74 Å². The van der Waals surface area contributed by atoms with Gasteiger partial charge >= 0.3 is 5.97 Å². The van der Waals surface area contributed by atoms with Gasteiger partial charge in [-0.3, -0.25) is 10.1 Å². The van der Waals surface area contributed by atoms with Crippen LogP contribution in [-0.2, 0) is 4.79 Å². The second-order valence-corrected chi connectivity index (χ2v) is 6.07. The third-order valence-corrected chi connectivity index (χ3v) is 3.74. The SMILES string of the molecule is Cc1ccc(F)c(OCC(NC(C)C)(C(=O)O)C2CC2)c1. The second kappa shape index (κ2) is 6.02. The van der Waals surface area contributed by atoms with Crippen LogP contribution in [0.3, 0.4) is 0 Å². The molecule has 4 nitrogen and oxygen atoms in total. The van der Waals surface area contributed by atoms with Crippen LogP contribution in [0.4, 0.5) is 4.39 Å². The van der Waals surface area contributed by atoms with E-state index in [9.17, 15) is 14.3 Å². The van der Waals surface area contributed by atoms with Gasteiger partial charge in [0, 0.05) is 6.04 Å². The van der Waals surface area contributed by atoms with Crippen LogP contribution in [0.25, 0.3) is 0 Å². The quantitative estimate of drug-likeness (QED) is 0.812. The molecule has 0 bridgehead atoms. The number of ether oxygens (including phenoxy) is 1. The maximum Gasteiger partial charge on any atom is 0.327 e. The van der Waals surface area contributed by atoms with Crippen molar-refractivity contribution < 1.29 is 19.0 Å². The minimum Gasteiger partial charge on any atom is -0.488 e. The summed E-state index contributed by atoms with van der Waals surface area (Å²) in [6, 6.07) is 4.58. The number of aryl methyl sites for hydroxylation is 1. The van der Waals surface area contributed by atoms with Crippen LogP contribution in [0.2, 0.25) is 0 Å². The van der Waals surface area contributed by atoms with E-state index in [0.717, 1.165) is 18.4 Å². The number of halogens is 1. The van der Waals surface area contributed by atoms with E-state index in [1.54, 1.807) is 12.1 Å². The Bertz CT molecular complexity index is 528. The first kappa shape index (κ1) is 15.8. The molecule has 116 valence electrons. The van der Waals surface area contributed by atoms with E-state index in [2.05, 4.69) is 5.32 Å². The van der Waals surface area contributed by atoms with Crippen molar-refractivity contribution in [2.75, 3.05) is 6.61 Å². The zero-order chi connectivity index (χ0) is 15.6. The molecule has 0 radical (unpaired) electrons. The molecular weight excluding hydrogens is 273 g/mol. The Labute approximate surface area is 124 Å². The van der Waals surface area contributed by atoms with Gasteiger partial charge in [-0.2, -0.15) is 0 Å². The van der Waals surface area contributed by atoms with Crippen LogP contribution < -0.4 is 10.1 Å². The summed E-state index contributed by atoms with van der Waals surface area (Å²) in [5, 5.41) is 12.8. The lowest BCUT2D eigenvalue weighted by molar-refractivity contribution is -0.148. The summed E-state index contributed by atoms with van der Waals surface area (Å²) >= 11 is 0. The molecule has 1 aliphatic carbocycles. The summed E-state index contributed by atoms with van der Waals surface area (Å²) in [4.78, 5) is 11.8. The Kier molecular flexibility index (Phi) is 4.52. The molecule has 5 heteroatoms. The molecule has 0 heterocycles. The highest BCUT2D eigenvalue weighted by Crippen LogP contribution is 2.40. The van der Waals surface area contributed by atoms with E-state index in [1.165, 1.54) is 6.07 Å². The maximum atomic E-state index is 13.7. The van der Waals surface area contributed by atoms with Gasteiger partial charge in [0.1, 0.15) is 6.61 Å². The fourth-order valence-corrected chi connectivity index (χ4v) is 2.58. The minimum absolute atomic E-state index is 0.00709. The van der Waals surface area contributed by atoms with Gasteiger partial charge in [0.2, 0.25) is 0 Å². The average molecular weight is 295 g/mol. The number of carboxylic acid groups (broad SMARTS) is 1. The second-order valence-electron chi connectivity index (χ2n) is 6.07. The summed E-state index contributed by atoms with van der Waals surface area (Å²) in [6.07, 6.45) is 1.71. The van der Waals surface area contributed by atoms with Gasteiger partial charge in [-0.25, -0.2) is 4.39 Å². The molecule has 0 spiro atoms. The molecule has 0 saturated heterocycles. The van der Waals surface area contributed by atoms with Crippen molar-refractivity contribution in [2.45, 2.75) is 45.2 Å². The van der Waals surface area contributed by atoms with E-state index in [-0.39, 0.29) is 24.3 Å². The maximum absolute atomic E-state index is 13.7. The van der Waals surface area contributed by atoms with Crippen molar-refractivity contribution >= 4 is 5.97 Å². The predicted octanol–water partition coefficient (Wildman–Crippen LogP) is 2.74. The van der Waals surface area contributed by atoms with Gasteiger partial charge in [0.25, 0.3) is 0 Å². The Balaban J connectivity index is 2.19. The zero-order valence-electron chi connectivity index (χ0n) is 12.6. The minimum atomic E-state index is -1.15. The third kappa shape index (κ3) is 3.53. The Morgan fingerprint density at radius 3 is 2.71 bits per heavy atom. The first-order chi connectivity index (χ1) is 9.85. The van der Waals surface area contributed by atoms with Gasteiger partial charge in [-0.1, -0.05) is 6.07 Å². The van der Waals surface area contributed by atoms with Crippen LogP contribution in [0.15, 0.2) is 18.2 Å². The molecule has 1 unspecified atom stereocenters. The molecule has 1 aromatic carbocycles. The Morgan fingerprint density at radius 2 is 2.19 bits per heavy atom. The number of hydrogen-bond donors (Lipinski definition) is 2. The number of nitrogens with one attached hydrogen (secondary N) is 1. The third-order valence-electron chi connectivity index (χ3n) is 3.74. The number of hydrogen-bond acceptors (Lipinski definition) is 3. The van der Waals surface area contributed by atoms with Gasteiger partial charge in [0.05, 0.1) is 0 Å². The standard InChI is InChI=1S/C16H22FNO3/c1-10(2)18-16(15(19)20,12-5-6-12)9-21-14-8-11(3)4-7-13(14)17/h4,7-8,10,12,18H,5-6,9H2,1-3H3,(H,19,20). The van der Waals surface area contributed by atoms with Crippen molar-refractivity contribution in [3.63, 3.8) is 0 Å². The highest BCUT2D eigenvalue weighted by atomic mass is 19.1. The number of carboxylic acids is 1. The molecule has 21 heavy (non-hydrogen) atoms. The molecule has 1 atom stereocenters. The summed E-state index contributed by atoms with van der Waals surface area (Å²) in [5.74, 6) is -1.27. The topological polar surface area (TPSA) is 58.6 Å². The normalized spacial score (nSPS) is 17.6. The van der Waals surface area contributed by atoms with Crippen molar-refractivity contribution in [1.82, 2.24) is 5.32 Å². The molecule has 2 N–H and O–H groups in total. The van der Waals surface area contributed by atoms with E-state index >= 15 is 0 Å². The van der Waals surface area contributed by atoms with Crippen molar-refractivity contribution in [2.24, 2.45) is 5.92 Å².